The molecule has 0 fully saturated rings. The third-order valence-corrected chi connectivity index (χ3v) is 0. The molecule has 0 aromatic carbocycles. The summed E-state index contributed by atoms with van der Waals surface area (Å²) >= 11 is 0. The fourth-order valence-corrected chi connectivity index (χ4v) is 0. The van der Waals surface area contributed by atoms with E-state index in [1.165, 1.54) is 0 Å². The van der Waals surface area contributed by atoms with Crippen molar-refractivity contribution in [2.24, 2.45) is 0 Å². The van der Waals surface area contributed by atoms with E-state index in [1.807, 2.05) is 0 Å². The molecular weight excluding hydrogens is 190 g/mol. The SMILES string of the molecule is N.O.O=S(=O)([O-])[O-].[Cu+2]. The number of hydrogen-bond acceptors (Lipinski definition) is 5. The van der Waals surface area contributed by atoms with Gasteiger partial charge < -0.3 is 20.7 Å². The molecule has 0 heterocycles. The van der Waals surface area contributed by atoms with E-state index >= 15 is 0 Å². The maximum Gasteiger partial charge on any atom is 2.00 e. The van der Waals surface area contributed by atoms with E-state index in [2.05, 4.69) is 0 Å². The van der Waals surface area contributed by atoms with E-state index in [-0.39, 0.29) is 28.7 Å². The molecule has 0 amide bonds. The zero-order valence-electron chi connectivity index (χ0n) is 3.55. The Bertz CT molecular complexity index is 95.6. The molecule has 1 radical (unpaired) electrons. The first-order valence-corrected chi connectivity index (χ1v) is 2.00. The minimum atomic E-state index is -5.17. The van der Waals surface area contributed by atoms with Gasteiger partial charge in [0, 0.05) is 10.4 Å². The predicted octanol–water partition coefficient (Wildman–Crippen LogP) is -2.00. The van der Waals surface area contributed by atoms with E-state index in [0.717, 1.165) is 0 Å². The van der Waals surface area contributed by atoms with Crippen molar-refractivity contribution in [3.63, 3.8) is 0 Å². The maximum absolute atomic E-state index is 8.52. The molecule has 0 aliphatic heterocycles. The molecule has 0 saturated carbocycles. The van der Waals surface area contributed by atoms with Crippen molar-refractivity contribution in [2.75, 3.05) is 0 Å². The fraction of sp³-hybridized carbons (Fsp3) is 0. The predicted molar refractivity (Wildman–Crippen MR) is 19.1 cm³/mol. The number of hydrogen-bond donors (Lipinski definition) is 1. The topological polar surface area (TPSA) is 147 Å². The van der Waals surface area contributed by atoms with Gasteiger partial charge in [-0.2, -0.15) is 0 Å². The Morgan fingerprint density at radius 2 is 1.12 bits per heavy atom. The van der Waals surface area contributed by atoms with Crippen molar-refractivity contribution < 1.29 is 40.1 Å². The largest absolute Gasteiger partial charge is 2.00 e. The summed E-state index contributed by atoms with van der Waals surface area (Å²) in [5.41, 5.74) is 0. The summed E-state index contributed by atoms with van der Waals surface area (Å²) in [6, 6.07) is 0. The third-order valence-electron chi connectivity index (χ3n) is 0. The minimum absolute atomic E-state index is 0. The summed E-state index contributed by atoms with van der Waals surface area (Å²) in [6.45, 7) is 0. The molecule has 0 aliphatic rings. The molecule has 57 valence electrons. The summed E-state index contributed by atoms with van der Waals surface area (Å²) in [6.07, 6.45) is 0. The molecule has 0 aliphatic carbocycles. The molecule has 0 saturated heterocycles. The van der Waals surface area contributed by atoms with Crippen molar-refractivity contribution in [2.45, 2.75) is 0 Å². The van der Waals surface area contributed by atoms with Gasteiger partial charge in [-0.15, -0.1) is 0 Å². The van der Waals surface area contributed by atoms with E-state index in [0.29, 0.717) is 0 Å². The molecule has 0 bridgehead atoms. The van der Waals surface area contributed by atoms with Crippen LogP contribution in [0.1, 0.15) is 0 Å². The number of rotatable bonds is 0. The normalized spacial score (nSPS) is 7.25. The quantitative estimate of drug-likeness (QED) is 0.269. The minimum Gasteiger partial charge on any atom is -0.759 e. The van der Waals surface area contributed by atoms with E-state index < -0.39 is 10.4 Å². The molecule has 0 unspecified atom stereocenters. The fourth-order valence-electron chi connectivity index (χ4n) is 0. The molecule has 0 aromatic heterocycles. The molecule has 0 aromatic rings. The van der Waals surface area contributed by atoms with Gasteiger partial charge in [0.05, 0.1) is 0 Å². The Morgan fingerprint density at radius 3 is 1.12 bits per heavy atom. The maximum atomic E-state index is 8.52. The van der Waals surface area contributed by atoms with Crippen molar-refractivity contribution in [1.29, 1.82) is 0 Å². The molecule has 8 heavy (non-hydrogen) atoms. The van der Waals surface area contributed by atoms with Gasteiger partial charge in [-0.25, -0.2) is 0 Å². The Kier molecular flexibility index (Phi) is 21.8. The molecule has 0 atom stereocenters. The summed E-state index contributed by atoms with van der Waals surface area (Å²) in [5.74, 6) is 0. The van der Waals surface area contributed by atoms with Crippen LogP contribution in [0.25, 0.3) is 0 Å². The zero-order chi connectivity index (χ0) is 4.50. The van der Waals surface area contributed by atoms with Crippen LogP contribution in [0.15, 0.2) is 0 Å². The van der Waals surface area contributed by atoms with E-state index in [9.17, 15) is 0 Å². The second-order valence-electron chi connectivity index (χ2n) is 0.408. The molecule has 0 rings (SSSR count). The Hall–Kier alpha value is 0.309. The van der Waals surface area contributed by atoms with Gasteiger partial charge in [0.2, 0.25) is 0 Å². The van der Waals surface area contributed by atoms with Crippen LogP contribution < -0.4 is 6.15 Å². The average molecular weight is 195 g/mol. The van der Waals surface area contributed by atoms with Crippen LogP contribution >= 0.6 is 0 Å². The van der Waals surface area contributed by atoms with Crippen LogP contribution in [0.2, 0.25) is 0 Å². The first kappa shape index (κ1) is 23.9. The van der Waals surface area contributed by atoms with E-state index in [1.54, 1.807) is 0 Å². The van der Waals surface area contributed by atoms with Gasteiger partial charge in [-0.1, -0.05) is 0 Å². The van der Waals surface area contributed by atoms with Crippen molar-refractivity contribution >= 4 is 10.4 Å². The van der Waals surface area contributed by atoms with Crippen molar-refractivity contribution in [3.05, 3.63) is 0 Å². The van der Waals surface area contributed by atoms with Gasteiger partial charge in [-0.3, -0.25) is 8.42 Å². The van der Waals surface area contributed by atoms with Crippen LogP contribution in [-0.2, 0) is 27.5 Å². The van der Waals surface area contributed by atoms with Crippen LogP contribution in [0.3, 0.4) is 0 Å². The molecule has 5 N–H and O–H groups in total. The Morgan fingerprint density at radius 1 is 1.12 bits per heavy atom. The first-order valence-electron chi connectivity index (χ1n) is 0.667. The van der Waals surface area contributed by atoms with Gasteiger partial charge >= 0.3 is 17.1 Å². The van der Waals surface area contributed by atoms with Crippen LogP contribution in [0.5, 0.6) is 0 Å². The smallest absolute Gasteiger partial charge is 0.759 e. The average Bonchev–Trinajstić information content (AvgIpc) is 0.722. The summed E-state index contributed by atoms with van der Waals surface area (Å²) in [4.78, 5) is 0. The van der Waals surface area contributed by atoms with Gasteiger partial charge in [0.15, 0.2) is 0 Å². The third kappa shape index (κ3) is 1860. The van der Waals surface area contributed by atoms with Crippen molar-refractivity contribution in [3.8, 4) is 0 Å². The van der Waals surface area contributed by atoms with Gasteiger partial charge in [0.1, 0.15) is 0 Å². The zero-order valence-corrected chi connectivity index (χ0v) is 5.31. The monoisotopic (exact) mass is 194 g/mol. The van der Waals surface area contributed by atoms with Crippen LogP contribution in [0, 0.1) is 0 Å². The summed E-state index contributed by atoms with van der Waals surface area (Å²) in [7, 11) is -5.17. The summed E-state index contributed by atoms with van der Waals surface area (Å²) in [5, 5.41) is 0. The molecular formula is H5CuNO5S. The molecule has 0 spiro atoms. The van der Waals surface area contributed by atoms with Crippen LogP contribution in [-0.4, -0.2) is 23.0 Å². The Labute approximate surface area is 57.2 Å². The molecule has 6 nitrogen and oxygen atoms in total. The second-order valence-corrected chi connectivity index (χ2v) is 1.22. The van der Waals surface area contributed by atoms with Crippen LogP contribution in [0.4, 0.5) is 0 Å². The summed E-state index contributed by atoms with van der Waals surface area (Å²) < 4.78 is 34.1. The van der Waals surface area contributed by atoms with Crippen molar-refractivity contribution in [1.82, 2.24) is 6.15 Å². The standard InChI is InChI=1S/Cu.H3N.H2O4S.H2O/c;;1-5(2,3)4;/h;1H3;(H2,1,2,3,4);1H2/q+2;;;/p-2. The van der Waals surface area contributed by atoms with E-state index in [4.69, 9.17) is 17.5 Å². The second kappa shape index (κ2) is 7.31. The Balaban J connectivity index is -0.0000000267. The molecule has 8 heteroatoms. The van der Waals surface area contributed by atoms with Gasteiger partial charge in [-0.05, 0) is 0 Å². The first-order chi connectivity index (χ1) is 2.00. The van der Waals surface area contributed by atoms with Gasteiger partial charge in [0.25, 0.3) is 0 Å².